The van der Waals surface area contributed by atoms with Crippen molar-refractivity contribution in [3.8, 4) is 11.5 Å². The summed E-state index contributed by atoms with van der Waals surface area (Å²) in [5.41, 5.74) is 3.09. The minimum atomic E-state index is -1.01. The van der Waals surface area contributed by atoms with E-state index in [2.05, 4.69) is 5.32 Å². The zero-order valence-corrected chi connectivity index (χ0v) is 19.0. The Labute approximate surface area is 201 Å². The van der Waals surface area contributed by atoms with Crippen LogP contribution in [-0.2, 0) is 27.2 Å². The average molecular weight is 473 g/mol. The molecule has 178 valence electrons. The predicted molar refractivity (Wildman–Crippen MR) is 124 cm³/mol. The second-order valence-corrected chi connectivity index (χ2v) is 8.33. The highest BCUT2D eigenvalue weighted by Crippen LogP contribution is 2.33. The van der Waals surface area contributed by atoms with Crippen molar-refractivity contribution in [1.82, 2.24) is 5.32 Å². The molecule has 5 rings (SSSR count). The maximum atomic E-state index is 12.7. The predicted octanol–water partition coefficient (Wildman–Crippen LogP) is 3.73. The first-order chi connectivity index (χ1) is 17.0. The van der Waals surface area contributed by atoms with Gasteiger partial charge >= 0.3 is 11.9 Å². The molecule has 8 nitrogen and oxygen atoms in total. The van der Waals surface area contributed by atoms with Gasteiger partial charge in [-0.2, -0.15) is 0 Å². The summed E-state index contributed by atoms with van der Waals surface area (Å²) in [6.45, 7) is 1.93. The molecule has 0 aromatic heterocycles. The molecule has 3 aromatic rings. The average Bonchev–Trinajstić information content (AvgIpc) is 3.35. The molecule has 0 fully saturated rings. The fraction of sp³-hybridized carbons (Fsp3) is 0.222. The molecule has 1 N–H and O–H groups in total. The number of carbonyl (C=O) groups is 3. The lowest BCUT2D eigenvalue weighted by Gasteiger charge is -2.25. The molecule has 0 radical (unpaired) electrons. The summed E-state index contributed by atoms with van der Waals surface area (Å²) >= 11 is 0. The van der Waals surface area contributed by atoms with Crippen LogP contribution in [0.2, 0.25) is 0 Å². The third-order valence-corrected chi connectivity index (χ3v) is 5.94. The molecule has 1 amide bonds. The largest absolute Gasteiger partial charge is 0.454 e. The molecule has 0 bridgehead atoms. The van der Waals surface area contributed by atoms with Crippen molar-refractivity contribution in [3.63, 3.8) is 0 Å². The van der Waals surface area contributed by atoms with Crippen molar-refractivity contribution in [1.29, 1.82) is 0 Å². The molecule has 35 heavy (non-hydrogen) atoms. The lowest BCUT2D eigenvalue weighted by atomic mass is 9.93. The Morgan fingerprint density at radius 2 is 1.83 bits per heavy atom. The van der Waals surface area contributed by atoms with Crippen LogP contribution in [0.1, 0.15) is 50.4 Å². The standard InChI is InChI=1S/C27H23NO7/c1-16(25(29)28-14-17-7-10-22-24(11-17)33-15-32-22)34-26(30)19-8-9-21-20(12-19)13-23(35-27(21)31)18-5-3-2-4-6-18/h2-12,16,23H,13-15H2,1H3,(H,28,29). The molecule has 8 heteroatoms. The van der Waals surface area contributed by atoms with Gasteiger partial charge in [-0.05, 0) is 53.9 Å². The monoisotopic (exact) mass is 473 g/mol. The highest BCUT2D eigenvalue weighted by atomic mass is 16.7. The molecular weight excluding hydrogens is 450 g/mol. The van der Waals surface area contributed by atoms with Crippen LogP contribution >= 0.6 is 0 Å². The van der Waals surface area contributed by atoms with E-state index in [4.69, 9.17) is 18.9 Å². The summed E-state index contributed by atoms with van der Waals surface area (Å²) in [6, 6.07) is 19.5. The summed E-state index contributed by atoms with van der Waals surface area (Å²) in [6.07, 6.45) is -0.990. The summed E-state index contributed by atoms with van der Waals surface area (Å²) in [5, 5.41) is 2.75. The number of carbonyl (C=O) groups excluding carboxylic acids is 3. The van der Waals surface area contributed by atoms with E-state index in [0.717, 1.165) is 11.1 Å². The van der Waals surface area contributed by atoms with Crippen LogP contribution in [0.5, 0.6) is 11.5 Å². The van der Waals surface area contributed by atoms with Gasteiger partial charge in [0.2, 0.25) is 6.79 Å². The molecule has 3 aromatic carbocycles. The molecule has 0 saturated heterocycles. The van der Waals surface area contributed by atoms with Crippen molar-refractivity contribution in [2.45, 2.75) is 32.1 Å². The smallest absolute Gasteiger partial charge is 0.339 e. The van der Waals surface area contributed by atoms with Crippen LogP contribution in [0.25, 0.3) is 0 Å². The van der Waals surface area contributed by atoms with Crippen molar-refractivity contribution in [2.75, 3.05) is 6.79 Å². The SMILES string of the molecule is CC(OC(=O)c1ccc2c(c1)CC(c1ccccc1)OC2=O)C(=O)NCc1ccc2c(c1)OCO2. The quantitative estimate of drug-likeness (QED) is 0.545. The van der Waals surface area contributed by atoms with Crippen molar-refractivity contribution in [2.24, 2.45) is 0 Å². The van der Waals surface area contributed by atoms with Crippen LogP contribution in [0.3, 0.4) is 0 Å². The van der Waals surface area contributed by atoms with Crippen LogP contribution in [0.15, 0.2) is 66.7 Å². The summed E-state index contributed by atoms with van der Waals surface area (Å²) < 4.78 is 21.6. The highest BCUT2D eigenvalue weighted by Gasteiger charge is 2.29. The third kappa shape index (κ3) is 4.82. The van der Waals surface area contributed by atoms with E-state index in [1.54, 1.807) is 24.3 Å². The molecule has 2 unspecified atom stereocenters. The number of hydrogen-bond acceptors (Lipinski definition) is 7. The Hall–Kier alpha value is -4.33. The number of hydrogen-bond donors (Lipinski definition) is 1. The van der Waals surface area contributed by atoms with Crippen molar-refractivity contribution >= 4 is 17.8 Å². The van der Waals surface area contributed by atoms with E-state index >= 15 is 0 Å². The molecule has 0 aliphatic carbocycles. The molecule has 0 spiro atoms. The maximum Gasteiger partial charge on any atom is 0.339 e. The van der Waals surface area contributed by atoms with Gasteiger partial charge in [-0.1, -0.05) is 36.4 Å². The number of nitrogens with one attached hydrogen (secondary N) is 1. The van der Waals surface area contributed by atoms with Gasteiger partial charge in [-0.15, -0.1) is 0 Å². The number of ether oxygens (including phenoxy) is 4. The fourth-order valence-electron chi connectivity index (χ4n) is 4.04. The van der Waals surface area contributed by atoms with Crippen LogP contribution in [0.4, 0.5) is 0 Å². The summed E-state index contributed by atoms with van der Waals surface area (Å²) in [4.78, 5) is 37.7. The van der Waals surface area contributed by atoms with Crippen molar-refractivity contribution in [3.05, 3.63) is 94.5 Å². The van der Waals surface area contributed by atoms with Crippen LogP contribution in [0, 0.1) is 0 Å². The number of cyclic esters (lactones) is 1. The molecule has 2 atom stereocenters. The van der Waals surface area contributed by atoms with Gasteiger partial charge in [-0.3, -0.25) is 4.79 Å². The van der Waals surface area contributed by atoms with Crippen LogP contribution < -0.4 is 14.8 Å². The molecule has 2 aliphatic rings. The van der Waals surface area contributed by atoms with Gasteiger partial charge in [-0.25, -0.2) is 9.59 Å². The minimum absolute atomic E-state index is 0.176. The second kappa shape index (κ2) is 9.50. The van der Waals surface area contributed by atoms with E-state index in [0.29, 0.717) is 29.0 Å². The van der Waals surface area contributed by atoms with E-state index in [9.17, 15) is 14.4 Å². The van der Waals surface area contributed by atoms with E-state index in [1.807, 2.05) is 36.4 Å². The van der Waals surface area contributed by atoms with Crippen LogP contribution in [-0.4, -0.2) is 30.7 Å². The first-order valence-electron chi connectivity index (χ1n) is 11.2. The van der Waals surface area contributed by atoms with Gasteiger partial charge < -0.3 is 24.3 Å². The first-order valence-corrected chi connectivity index (χ1v) is 11.2. The van der Waals surface area contributed by atoms with Crippen molar-refractivity contribution < 1.29 is 33.3 Å². The van der Waals surface area contributed by atoms with Gasteiger partial charge in [0.1, 0.15) is 6.10 Å². The zero-order valence-electron chi connectivity index (χ0n) is 19.0. The number of benzene rings is 3. The Morgan fingerprint density at radius 1 is 1.03 bits per heavy atom. The highest BCUT2D eigenvalue weighted by molar-refractivity contribution is 5.96. The van der Waals surface area contributed by atoms with Gasteiger partial charge in [0, 0.05) is 13.0 Å². The number of esters is 2. The van der Waals surface area contributed by atoms with E-state index in [-0.39, 0.29) is 18.9 Å². The molecular formula is C27H23NO7. The Morgan fingerprint density at radius 3 is 2.66 bits per heavy atom. The third-order valence-electron chi connectivity index (χ3n) is 5.94. The topological polar surface area (TPSA) is 100 Å². The fourth-order valence-corrected chi connectivity index (χ4v) is 4.04. The Bertz CT molecular complexity index is 1290. The van der Waals surface area contributed by atoms with E-state index < -0.39 is 30.1 Å². The lowest BCUT2D eigenvalue weighted by Crippen LogP contribution is -2.35. The summed E-state index contributed by atoms with van der Waals surface area (Å²) in [5.74, 6) is -0.218. The lowest BCUT2D eigenvalue weighted by molar-refractivity contribution is -0.129. The first kappa shape index (κ1) is 22.5. The Kier molecular flexibility index (Phi) is 6.10. The normalized spacial score (nSPS) is 16.6. The summed E-state index contributed by atoms with van der Waals surface area (Å²) in [7, 11) is 0. The molecule has 0 saturated carbocycles. The molecule has 2 aliphatic heterocycles. The minimum Gasteiger partial charge on any atom is -0.454 e. The zero-order chi connectivity index (χ0) is 24.4. The van der Waals surface area contributed by atoms with E-state index in [1.165, 1.54) is 13.0 Å². The van der Waals surface area contributed by atoms with Gasteiger partial charge in [0.05, 0.1) is 11.1 Å². The number of rotatable bonds is 6. The number of amides is 1. The molecule has 2 heterocycles. The Balaban J connectivity index is 1.21. The maximum absolute atomic E-state index is 12.7. The second-order valence-electron chi connectivity index (χ2n) is 8.33. The van der Waals surface area contributed by atoms with Gasteiger partial charge in [0.15, 0.2) is 17.6 Å². The van der Waals surface area contributed by atoms with Gasteiger partial charge in [0.25, 0.3) is 5.91 Å². The number of fused-ring (bicyclic) bond motifs is 2.